The van der Waals surface area contributed by atoms with Gasteiger partial charge >= 0.3 is 23.9 Å². The number of carbonyl (C=O) groups excluding carboxylic acids is 2. The first-order chi connectivity index (χ1) is 18.7. The molecule has 0 radical (unpaired) electrons. The number of carboxylic acids is 2. The smallest absolute Gasteiger partial charge is 0.349 e. The van der Waals surface area contributed by atoms with Crippen molar-refractivity contribution in [3.05, 3.63) is 100 Å². The second-order valence-corrected chi connectivity index (χ2v) is 9.55. The van der Waals surface area contributed by atoms with E-state index < -0.39 is 36.1 Å². The maximum Gasteiger partial charge on any atom is 0.349 e. The van der Waals surface area contributed by atoms with Gasteiger partial charge in [0.05, 0.1) is 11.1 Å². The molecule has 1 saturated heterocycles. The molecule has 0 bridgehead atoms. The molecule has 1 fully saturated rings. The molecule has 204 valence electrons. The van der Waals surface area contributed by atoms with Gasteiger partial charge in [0, 0.05) is 22.9 Å². The van der Waals surface area contributed by atoms with Crippen molar-refractivity contribution in [2.24, 2.45) is 0 Å². The lowest BCUT2D eigenvalue weighted by Gasteiger charge is -2.21. The first kappa shape index (κ1) is 29.5. The van der Waals surface area contributed by atoms with Crippen molar-refractivity contribution in [2.75, 3.05) is 13.6 Å². The Balaban J connectivity index is 0.000000268. The lowest BCUT2D eigenvalue weighted by molar-refractivity contribution is -0.166. The summed E-state index contributed by atoms with van der Waals surface area (Å²) in [5.74, 6) is -5.63. The molecule has 1 aliphatic rings. The van der Waals surface area contributed by atoms with Crippen molar-refractivity contribution in [3.8, 4) is 0 Å². The maximum atomic E-state index is 12.0. The minimum Gasteiger partial charge on any atom is -0.478 e. The summed E-state index contributed by atoms with van der Waals surface area (Å²) in [6.07, 6.45) is 1.93. The van der Waals surface area contributed by atoms with Gasteiger partial charge in [0.2, 0.25) is 12.2 Å². The quantitative estimate of drug-likeness (QED) is 0.362. The summed E-state index contributed by atoms with van der Waals surface area (Å²) in [7, 11) is 2.18. The van der Waals surface area contributed by atoms with Gasteiger partial charge in [-0.05, 0) is 78.3 Å². The van der Waals surface area contributed by atoms with Gasteiger partial charge in [-0.3, -0.25) is 9.88 Å². The van der Waals surface area contributed by atoms with Gasteiger partial charge in [0.25, 0.3) is 0 Å². The Morgan fingerprint density at radius 2 is 1.36 bits per heavy atom. The highest BCUT2D eigenvalue weighted by molar-refractivity contribution is 9.10. The van der Waals surface area contributed by atoms with E-state index >= 15 is 0 Å². The first-order valence-electron chi connectivity index (χ1n) is 12.0. The maximum absolute atomic E-state index is 12.0. The number of ether oxygens (including phenoxy) is 2. The molecule has 0 amide bonds. The molecule has 11 heteroatoms. The zero-order valence-electron chi connectivity index (χ0n) is 21.0. The summed E-state index contributed by atoms with van der Waals surface area (Å²) in [6, 6.07) is 17.6. The van der Waals surface area contributed by atoms with Gasteiger partial charge in [-0.15, -0.1) is 0 Å². The molecule has 0 spiro atoms. The minimum atomic E-state index is -2.21. The predicted molar refractivity (Wildman–Crippen MR) is 143 cm³/mol. The van der Waals surface area contributed by atoms with Crippen LogP contribution >= 0.6 is 15.9 Å². The van der Waals surface area contributed by atoms with Crippen LogP contribution in [0.1, 0.15) is 45.2 Å². The average Bonchev–Trinajstić information content (AvgIpc) is 3.37. The van der Waals surface area contributed by atoms with E-state index in [4.69, 9.17) is 9.47 Å². The van der Waals surface area contributed by atoms with Crippen molar-refractivity contribution in [1.82, 2.24) is 9.88 Å². The van der Waals surface area contributed by atoms with Gasteiger partial charge in [0.1, 0.15) is 0 Å². The fourth-order valence-electron chi connectivity index (χ4n) is 3.94. The third-order valence-corrected chi connectivity index (χ3v) is 6.31. The Labute approximate surface area is 233 Å². The topological polar surface area (TPSA) is 143 Å². The Hall–Kier alpha value is -4.09. The number of carbonyl (C=O) groups is 4. The van der Waals surface area contributed by atoms with Gasteiger partial charge < -0.3 is 19.7 Å². The Bertz CT molecular complexity index is 1220. The standard InChI is InChI=1S/C18H14O8.C10H13BrN2/c19-15(20)13(25-17(23)11-7-3-1-4-8-11)14(16(21)22)26-18(24)12-9-5-2-6-10-12;1-13-4-2-3-10(13)8-5-9(11)7-12-6-8/h1-10,13-14H,(H,19,20)(H,21,22);5-7,10H,2-4H2,1H3/t13-,14-;10-/m10/s1. The highest BCUT2D eigenvalue weighted by Gasteiger charge is 2.41. The minimum absolute atomic E-state index is 0.0253. The summed E-state index contributed by atoms with van der Waals surface area (Å²) in [6.45, 7) is 1.21. The molecule has 3 aromatic rings. The average molecular weight is 599 g/mol. The second-order valence-electron chi connectivity index (χ2n) is 8.64. The van der Waals surface area contributed by atoms with Crippen LogP contribution in [0.5, 0.6) is 0 Å². The van der Waals surface area contributed by atoms with Crippen LogP contribution in [0.15, 0.2) is 83.6 Å². The first-order valence-corrected chi connectivity index (χ1v) is 12.7. The number of pyridine rings is 1. The molecule has 10 nitrogen and oxygen atoms in total. The highest BCUT2D eigenvalue weighted by Crippen LogP contribution is 2.30. The molecule has 2 N–H and O–H groups in total. The van der Waals surface area contributed by atoms with Crippen molar-refractivity contribution >= 4 is 39.8 Å². The van der Waals surface area contributed by atoms with E-state index in [2.05, 4.69) is 38.9 Å². The van der Waals surface area contributed by atoms with Crippen LogP contribution in [0, 0.1) is 0 Å². The van der Waals surface area contributed by atoms with Crippen molar-refractivity contribution in [3.63, 3.8) is 0 Å². The van der Waals surface area contributed by atoms with Crippen LogP contribution in [-0.2, 0) is 19.1 Å². The molecule has 3 atom stereocenters. The van der Waals surface area contributed by atoms with E-state index in [0.29, 0.717) is 6.04 Å². The van der Waals surface area contributed by atoms with Crippen LogP contribution < -0.4 is 0 Å². The number of esters is 2. The monoisotopic (exact) mass is 598 g/mol. The summed E-state index contributed by atoms with van der Waals surface area (Å²) in [5.41, 5.74) is 1.38. The molecule has 0 aliphatic carbocycles. The van der Waals surface area contributed by atoms with Crippen LogP contribution in [0.3, 0.4) is 0 Å². The third kappa shape index (κ3) is 8.45. The third-order valence-electron chi connectivity index (χ3n) is 5.88. The van der Waals surface area contributed by atoms with Gasteiger partial charge in [0.15, 0.2) is 0 Å². The molecule has 1 aromatic heterocycles. The highest BCUT2D eigenvalue weighted by atomic mass is 79.9. The fraction of sp³-hybridized carbons (Fsp3) is 0.250. The molecule has 2 heterocycles. The van der Waals surface area contributed by atoms with E-state index in [1.54, 1.807) is 12.1 Å². The van der Waals surface area contributed by atoms with Crippen molar-refractivity contribution in [2.45, 2.75) is 31.1 Å². The summed E-state index contributed by atoms with van der Waals surface area (Å²) < 4.78 is 10.6. The number of nitrogens with zero attached hydrogens (tertiary/aromatic N) is 2. The number of halogens is 1. The molecular formula is C28H27BrN2O8. The Morgan fingerprint density at radius 1 is 0.872 bits per heavy atom. The Morgan fingerprint density at radius 3 is 1.74 bits per heavy atom. The van der Waals surface area contributed by atoms with E-state index in [9.17, 15) is 29.4 Å². The molecule has 4 rings (SSSR count). The summed E-state index contributed by atoms with van der Waals surface area (Å²) in [5, 5.41) is 18.5. The number of likely N-dealkylation sites (tertiary alicyclic amines) is 1. The molecule has 1 aliphatic heterocycles. The molecular weight excluding hydrogens is 572 g/mol. The largest absolute Gasteiger partial charge is 0.478 e. The van der Waals surface area contributed by atoms with Crippen molar-refractivity contribution < 1.29 is 38.9 Å². The SMILES string of the molecule is CN1CCC[C@H]1c1cncc(Br)c1.O=C(O[C@@H](C(=O)O)[C@@H](OC(=O)c1ccccc1)C(=O)O)c1ccccc1. The number of carboxylic acid groups (broad SMARTS) is 2. The zero-order valence-corrected chi connectivity index (χ0v) is 22.6. The zero-order chi connectivity index (χ0) is 28.4. The van der Waals surface area contributed by atoms with E-state index in [1.165, 1.54) is 73.5 Å². The van der Waals surface area contributed by atoms with Crippen LogP contribution in [0.4, 0.5) is 0 Å². The van der Waals surface area contributed by atoms with E-state index in [0.717, 1.165) is 4.47 Å². The lowest BCUT2D eigenvalue weighted by Crippen LogP contribution is -2.45. The van der Waals surface area contributed by atoms with E-state index in [-0.39, 0.29) is 11.1 Å². The van der Waals surface area contributed by atoms with Crippen LogP contribution in [0.25, 0.3) is 0 Å². The fourth-order valence-corrected chi connectivity index (χ4v) is 4.32. The molecule has 39 heavy (non-hydrogen) atoms. The normalized spacial score (nSPS) is 16.2. The van der Waals surface area contributed by atoms with Gasteiger partial charge in [-0.25, -0.2) is 19.2 Å². The van der Waals surface area contributed by atoms with Gasteiger partial charge in [-0.2, -0.15) is 0 Å². The van der Waals surface area contributed by atoms with Crippen molar-refractivity contribution in [1.29, 1.82) is 0 Å². The molecule has 0 unspecified atom stereocenters. The Kier molecular flexibility index (Phi) is 10.7. The van der Waals surface area contributed by atoms with Crippen LogP contribution in [-0.4, -0.2) is 69.8 Å². The van der Waals surface area contributed by atoms with E-state index in [1.807, 2.05) is 12.4 Å². The molecule has 0 saturated carbocycles. The predicted octanol–water partition coefficient (Wildman–Crippen LogP) is 4.22. The number of aliphatic carboxylic acids is 2. The molecule has 2 aromatic carbocycles. The summed E-state index contributed by atoms with van der Waals surface area (Å²) in [4.78, 5) is 53.4. The number of hydrogen-bond acceptors (Lipinski definition) is 8. The van der Waals surface area contributed by atoms with Gasteiger partial charge in [-0.1, -0.05) is 36.4 Å². The number of aromatic nitrogens is 1. The second kappa shape index (κ2) is 14.2. The number of benzene rings is 2. The summed E-state index contributed by atoms with van der Waals surface area (Å²) >= 11 is 3.45. The number of rotatable bonds is 8. The lowest BCUT2D eigenvalue weighted by atomic mass is 10.1. The number of hydrogen-bond donors (Lipinski definition) is 2. The van der Waals surface area contributed by atoms with Crippen LogP contribution in [0.2, 0.25) is 0 Å².